The molecule has 0 bridgehead atoms. The van der Waals surface area contributed by atoms with Crippen molar-refractivity contribution in [3.63, 3.8) is 0 Å². The summed E-state index contributed by atoms with van der Waals surface area (Å²) in [5.41, 5.74) is 1.10. The molecule has 0 saturated carbocycles. The standard InChI is InChI=1S/C17H15BrN2O4/c1-20(9-16(21)19-13-5-3-2-4-12(13)18)17(22)11-6-7-14-15(8-11)24-10-23-14/h2-8H,9-10H2,1H3,(H,19,21). The quantitative estimate of drug-likeness (QED) is 0.871. The van der Waals surface area contributed by atoms with E-state index in [0.29, 0.717) is 22.7 Å². The summed E-state index contributed by atoms with van der Waals surface area (Å²) in [7, 11) is 1.58. The van der Waals surface area contributed by atoms with Gasteiger partial charge >= 0.3 is 0 Å². The van der Waals surface area contributed by atoms with Crippen LogP contribution >= 0.6 is 15.9 Å². The highest BCUT2D eigenvalue weighted by atomic mass is 79.9. The Kier molecular flexibility index (Phi) is 4.71. The van der Waals surface area contributed by atoms with Crippen molar-refractivity contribution in [2.45, 2.75) is 0 Å². The molecule has 24 heavy (non-hydrogen) atoms. The third-order valence-corrected chi connectivity index (χ3v) is 4.19. The Balaban J connectivity index is 1.64. The number of nitrogens with zero attached hydrogens (tertiary/aromatic N) is 1. The van der Waals surface area contributed by atoms with Crippen LogP contribution in [0.4, 0.5) is 5.69 Å². The van der Waals surface area contributed by atoms with E-state index in [9.17, 15) is 9.59 Å². The van der Waals surface area contributed by atoms with Gasteiger partial charge in [0.1, 0.15) is 0 Å². The van der Waals surface area contributed by atoms with E-state index < -0.39 is 0 Å². The number of carbonyl (C=O) groups excluding carboxylic acids is 2. The molecule has 1 aliphatic rings. The first-order chi connectivity index (χ1) is 11.5. The predicted octanol–water partition coefficient (Wildman–Crippen LogP) is 2.89. The molecule has 1 N–H and O–H groups in total. The Labute approximate surface area is 147 Å². The van der Waals surface area contributed by atoms with Crippen LogP contribution < -0.4 is 14.8 Å². The highest BCUT2D eigenvalue weighted by Gasteiger charge is 2.20. The normalized spacial score (nSPS) is 11.9. The summed E-state index contributed by atoms with van der Waals surface area (Å²) in [6, 6.07) is 12.2. The van der Waals surface area contributed by atoms with E-state index in [1.54, 1.807) is 31.3 Å². The van der Waals surface area contributed by atoms with Gasteiger partial charge in [-0.1, -0.05) is 12.1 Å². The summed E-state index contributed by atoms with van der Waals surface area (Å²) in [6.45, 7) is 0.0891. The highest BCUT2D eigenvalue weighted by Crippen LogP contribution is 2.32. The molecular weight excluding hydrogens is 376 g/mol. The predicted molar refractivity (Wildman–Crippen MR) is 92.3 cm³/mol. The summed E-state index contributed by atoms with van der Waals surface area (Å²) >= 11 is 3.36. The number of fused-ring (bicyclic) bond motifs is 1. The summed E-state index contributed by atoms with van der Waals surface area (Å²) < 4.78 is 11.3. The minimum atomic E-state index is -0.279. The molecule has 0 atom stereocenters. The van der Waals surface area contributed by atoms with Gasteiger partial charge < -0.3 is 19.7 Å². The molecule has 0 aliphatic carbocycles. The molecule has 124 valence electrons. The zero-order valence-electron chi connectivity index (χ0n) is 12.9. The molecule has 1 aliphatic heterocycles. The third-order valence-electron chi connectivity index (χ3n) is 3.49. The van der Waals surface area contributed by atoms with Gasteiger partial charge in [0.15, 0.2) is 11.5 Å². The molecule has 2 aromatic carbocycles. The molecule has 2 amide bonds. The minimum Gasteiger partial charge on any atom is -0.454 e. The molecule has 0 unspecified atom stereocenters. The van der Waals surface area contributed by atoms with Crippen molar-refractivity contribution >= 4 is 33.4 Å². The average Bonchev–Trinajstić information content (AvgIpc) is 3.03. The van der Waals surface area contributed by atoms with Gasteiger partial charge in [0.2, 0.25) is 12.7 Å². The molecule has 3 rings (SSSR count). The van der Waals surface area contributed by atoms with Crippen LogP contribution in [-0.4, -0.2) is 37.1 Å². The number of carbonyl (C=O) groups is 2. The zero-order valence-corrected chi connectivity index (χ0v) is 14.5. The van der Waals surface area contributed by atoms with Crippen molar-refractivity contribution < 1.29 is 19.1 Å². The number of hydrogen-bond donors (Lipinski definition) is 1. The van der Waals surface area contributed by atoms with Crippen LogP contribution in [0.3, 0.4) is 0 Å². The lowest BCUT2D eigenvalue weighted by Crippen LogP contribution is -2.35. The molecule has 0 radical (unpaired) electrons. The Morgan fingerprint density at radius 2 is 1.92 bits per heavy atom. The van der Waals surface area contributed by atoms with E-state index in [1.807, 2.05) is 18.2 Å². The van der Waals surface area contributed by atoms with E-state index >= 15 is 0 Å². The number of likely N-dealkylation sites (N-methyl/N-ethyl adjacent to an activating group) is 1. The van der Waals surface area contributed by atoms with E-state index in [4.69, 9.17) is 9.47 Å². The van der Waals surface area contributed by atoms with Gasteiger partial charge in [-0.25, -0.2) is 0 Å². The van der Waals surface area contributed by atoms with Crippen LogP contribution in [-0.2, 0) is 4.79 Å². The molecule has 2 aromatic rings. The third kappa shape index (κ3) is 3.51. The van der Waals surface area contributed by atoms with E-state index in [1.165, 1.54) is 4.90 Å². The first-order valence-electron chi connectivity index (χ1n) is 7.24. The monoisotopic (exact) mass is 390 g/mol. The largest absolute Gasteiger partial charge is 0.454 e. The lowest BCUT2D eigenvalue weighted by molar-refractivity contribution is -0.116. The van der Waals surface area contributed by atoms with E-state index in [2.05, 4.69) is 21.2 Å². The first kappa shape index (κ1) is 16.3. The Bertz CT molecular complexity index is 794. The van der Waals surface area contributed by atoms with Crippen LogP contribution in [0.25, 0.3) is 0 Å². The van der Waals surface area contributed by atoms with Crippen molar-refractivity contribution in [2.75, 3.05) is 25.7 Å². The van der Waals surface area contributed by atoms with E-state index in [0.717, 1.165) is 4.47 Å². The summed E-state index contributed by atoms with van der Waals surface area (Å²) in [5.74, 6) is 0.599. The number of rotatable bonds is 4. The van der Waals surface area contributed by atoms with Crippen LogP contribution in [0.15, 0.2) is 46.9 Å². The Hall–Kier alpha value is -2.54. The van der Waals surface area contributed by atoms with Crippen molar-refractivity contribution in [3.05, 3.63) is 52.5 Å². The van der Waals surface area contributed by atoms with Crippen LogP contribution in [0, 0.1) is 0 Å². The maximum absolute atomic E-state index is 12.4. The number of amides is 2. The summed E-state index contributed by atoms with van der Waals surface area (Å²) in [5, 5.41) is 2.76. The summed E-state index contributed by atoms with van der Waals surface area (Å²) in [4.78, 5) is 25.9. The van der Waals surface area contributed by atoms with Gasteiger partial charge in [0.05, 0.1) is 12.2 Å². The van der Waals surface area contributed by atoms with Gasteiger partial charge in [0, 0.05) is 17.1 Å². The maximum Gasteiger partial charge on any atom is 0.254 e. The lowest BCUT2D eigenvalue weighted by atomic mass is 10.2. The second-order valence-electron chi connectivity index (χ2n) is 5.26. The zero-order chi connectivity index (χ0) is 17.1. The molecule has 7 heteroatoms. The van der Waals surface area contributed by atoms with Crippen LogP contribution in [0.2, 0.25) is 0 Å². The maximum atomic E-state index is 12.4. The molecule has 6 nitrogen and oxygen atoms in total. The fourth-order valence-corrected chi connectivity index (χ4v) is 2.67. The van der Waals surface area contributed by atoms with Gasteiger partial charge in [0.25, 0.3) is 5.91 Å². The molecule has 0 saturated heterocycles. The van der Waals surface area contributed by atoms with Crippen molar-refractivity contribution in [1.29, 1.82) is 0 Å². The average molecular weight is 391 g/mol. The van der Waals surface area contributed by atoms with E-state index in [-0.39, 0.29) is 25.2 Å². The lowest BCUT2D eigenvalue weighted by Gasteiger charge is -2.17. The topological polar surface area (TPSA) is 67.9 Å². The van der Waals surface area contributed by atoms with Crippen molar-refractivity contribution in [2.24, 2.45) is 0 Å². The smallest absolute Gasteiger partial charge is 0.254 e. The number of hydrogen-bond acceptors (Lipinski definition) is 4. The first-order valence-corrected chi connectivity index (χ1v) is 8.03. The number of benzene rings is 2. The fraction of sp³-hybridized carbons (Fsp3) is 0.176. The number of halogens is 1. The van der Waals surface area contributed by atoms with Crippen molar-refractivity contribution in [1.82, 2.24) is 4.90 Å². The molecule has 1 heterocycles. The van der Waals surface area contributed by atoms with Gasteiger partial charge in [-0.05, 0) is 46.3 Å². The SMILES string of the molecule is CN(CC(=O)Nc1ccccc1Br)C(=O)c1ccc2c(c1)OCO2. The Morgan fingerprint density at radius 1 is 1.17 bits per heavy atom. The Morgan fingerprint density at radius 3 is 2.71 bits per heavy atom. The molecule has 0 fully saturated rings. The highest BCUT2D eigenvalue weighted by molar-refractivity contribution is 9.10. The van der Waals surface area contributed by atoms with Gasteiger partial charge in [-0.15, -0.1) is 0 Å². The number of nitrogens with one attached hydrogen (secondary N) is 1. The van der Waals surface area contributed by atoms with Crippen LogP contribution in [0.5, 0.6) is 11.5 Å². The number of ether oxygens (including phenoxy) is 2. The molecule has 0 spiro atoms. The summed E-state index contributed by atoms with van der Waals surface area (Å²) in [6.07, 6.45) is 0. The second kappa shape index (κ2) is 6.92. The van der Waals surface area contributed by atoms with Gasteiger partial charge in [-0.2, -0.15) is 0 Å². The molecular formula is C17H15BrN2O4. The number of anilines is 1. The number of para-hydroxylation sites is 1. The van der Waals surface area contributed by atoms with Crippen molar-refractivity contribution in [3.8, 4) is 11.5 Å². The van der Waals surface area contributed by atoms with Gasteiger partial charge in [-0.3, -0.25) is 9.59 Å². The minimum absolute atomic E-state index is 0.0609. The fourth-order valence-electron chi connectivity index (χ4n) is 2.29. The molecule has 0 aromatic heterocycles. The van der Waals surface area contributed by atoms with Crippen LogP contribution in [0.1, 0.15) is 10.4 Å². The second-order valence-corrected chi connectivity index (χ2v) is 6.11.